The van der Waals surface area contributed by atoms with E-state index in [0.717, 1.165) is 11.0 Å². The predicted octanol–water partition coefficient (Wildman–Crippen LogP) is 3.64. The first-order valence-corrected chi connectivity index (χ1v) is 8.42. The zero-order valence-corrected chi connectivity index (χ0v) is 15.3. The van der Waals surface area contributed by atoms with Gasteiger partial charge in [-0.15, -0.1) is 0 Å². The van der Waals surface area contributed by atoms with Crippen LogP contribution in [0, 0.1) is 10.1 Å². The van der Waals surface area contributed by atoms with E-state index >= 15 is 0 Å². The van der Waals surface area contributed by atoms with Crippen molar-refractivity contribution in [1.82, 2.24) is 0 Å². The van der Waals surface area contributed by atoms with E-state index in [1.165, 1.54) is 12.1 Å². The van der Waals surface area contributed by atoms with Crippen molar-refractivity contribution in [2.45, 2.75) is 38.9 Å². The molecule has 2 aromatic rings. The van der Waals surface area contributed by atoms with Gasteiger partial charge in [-0.2, -0.15) is 0 Å². The molecule has 26 heavy (non-hydrogen) atoms. The van der Waals surface area contributed by atoms with Crippen LogP contribution in [0.1, 0.15) is 33.3 Å². The minimum absolute atomic E-state index is 0.0516. The summed E-state index contributed by atoms with van der Waals surface area (Å²) in [6, 6.07) is 13.9. The zero-order chi connectivity index (χ0) is 18.9. The molecule has 0 aliphatic carbocycles. The second kappa shape index (κ2) is 6.66. The summed E-state index contributed by atoms with van der Waals surface area (Å²) < 4.78 is 12.1. The second-order valence-electron chi connectivity index (χ2n) is 7.29. The van der Waals surface area contributed by atoms with E-state index in [-0.39, 0.29) is 24.0 Å². The smallest absolute Gasteiger partial charge is 0.399 e. The van der Waals surface area contributed by atoms with Crippen molar-refractivity contribution in [3.8, 4) is 0 Å². The van der Waals surface area contributed by atoms with Gasteiger partial charge < -0.3 is 9.31 Å². The van der Waals surface area contributed by atoms with E-state index in [4.69, 9.17) is 9.31 Å². The van der Waals surface area contributed by atoms with Crippen molar-refractivity contribution in [2.75, 3.05) is 0 Å². The zero-order valence-electron chi connectivity index (χ0n) is 15.3. The number of hydrogen-bond donors (Lipinski definition) is 0. The predicted molar refractivity (Wildman–Crippen MR) is 103 cm³/mol. The molecule has 1 aliphatic rings. The fourth-order valence-corrected chi connectivity index (χ4v) is 2.53. The summed E-state index contributed by atoms with van der Waals surface area (Å²) >= 11 is 0. The van der Waals surface area contributed by atoms with Crippen LogP contribution in [-0.4, -0.2) is 29.5 Å². The number of benzene rings is 2. The minimum Gasteiger partial charge on any atom is -0.399 e. The normalized spacial score (nSPS) is 18.4. The van der Waals surface area contributed by atoms with Crippen LogP contribution in [0.15, 0.2) is 53.5 Å². The van der Waals surface area contributed by atoms with Crippen molar-refractivity contribution < 1.29 is 14.2 Å². The summed E-state index contributed by atoms with van der Waals surface area (Å²) in [5.74, 6) is 0. The Bertz CT molecular complexity index is 814. The Labute approximate surface area is 153 Å². The molecule has 134 valence electrons. The van der Waals surface area contributed by atoms with Gasteiger partial charge in [0.15, 0.2) is 0 Å². The molecule has 0 saturated carbocycles. The first kappa shape index (κ1) is 18.3. The maximum atomic E-state index is 10.7. The highest BCUT2D eigenvalue weighted by molar-refractivity contribution is 6.62. The van der Waals surface area contributed by atoms with E-state index in [2.05, 4.69) is 4.99 Å². The molecule has 6 nitrogen and oxygen atoms in total. The maximum Gasteiger partial charge on any atom is 0.494 e. The standard InChI is InChI=1S/C19H21BN2O4/c1-18(2)19(3,4)26-20(25-18)15-7-5-14(6-8-15)13-21-16-9-11-17(12-10-16)22(23)24/h5-13H,1-4H3. The first-order valence-electron chi connectivity index (χ1n) is 8.42. The van der Waals surface area contributed by atoms with Gasteiger partial charge in [-0.05, 0) is 50.9 Å². The van der Waals surface area contributed by atoms with Gasteiger partial charge in [0.2, 0.25) is 0 Å². The molecule has 0 radical (unpaired) electrons. The van der Waals surface area contributed by atoms with Crippen molar-refractivity contribution in [3.63, 3.8) is 0 Å². The second-order valence-corrected chi connectivity index (χ2v) is 7.29. The summed E-state index contributed by atoms with van der Waals surface area (Å²) in [6.45, 7) is 8.10. The molecule has 0 atom stereocenters. The number of hydrogen-bond acceptors (Lipinski definition) is 5. The Kier molecular flexibility index (Phi) is 4.69. The van der Waals surface area contributed by atoms with E-state index in [1.54, 1.807) is 18.3 Å². The lowest BCUT2D eigenvalue weighted by atomic mass is 9.79. The highest BCUT2D eigenvalue weighted by Gasteiger charge is 2.51. The molecule has 2 aromatic carbocycles. The molecule has 0 bridgehead atoms. The minimum atomic E-state index is -0.429. The Hall–Kier alpha value is -2.51. The van der Waals surface area contributed by atoms with E-state index < -0.39 is 4.92 Å². The van der Waals surface area contributed by atoms with Crippen molar-refractivity contribution >= 4 is 30.2 Å². The average Bonchev–Trinajstić information content (AvgIpc) is 2.81. The number of rotatable bonds is 4. The lowest BCUT2D eigenvalue weighted by Crippen LogP contribution is -2.41. The summed E-state index contributed by atoms with van der Waals surface area (Å²) in [5.41, 5.74) is 1.85. The molecule has 1 saturated heterocycles. The Morgan fingerprint density at radius 1 is 0.962 bits per heavy atom. The van der Waals surface area contributed by atoms with E-state index in [9.17, 15) is 10.1 Å². The summed E-state index contributed by atoms with van der Waals surface area (Å²) in [6.07, 6.45) is 1.72. The number of nitro groups is 1. The van der Waals surface area contributed by atoms with Crippen LogP contribution in [0.2, 0.25) is 0 Å². The van der Waals surface area contributed by atoms with Gasteiger partial charge in [-0.25, -0.2) is 0 Å². The van der Waals surface area contributed by atoms with Crippen LogP contribution in [0.4, 0.5) is 11.4 Å². The van der Waals surface area contributed by atoms with Gasteiger partial charge in [0.1, 0.15) is 0 Å². The average molecular weight is 352 g/mol. The highest BCUT2D eigenvalue weighted by Crippen LogP contribution is 2.36. The third kappa shape index (κ3) is 3.69. The van der Waals surface area contributed by atoms with Crippen LogP contribution < -0.4 is 5.46 Å². The molecule has 1 heterocycles. The lowest BCUT2D eigenvalue weighted by Gasteiger charge is -2.32. The highest BCUT2D eigenvalue weighted by atomic mass is 16.7. The van der Waals surface area contributed by atoms with Crippen LogP contribution in [-0.2, 0) is 9.31 Å². The topological polar surface area (TPSA) is 74.0 Å². The Balaban J connectivity index is 1.69. The number of aliphatic imine (C=N–C) groups is 1. The molecule has 7 heteroatoms. The molecule has 0 unspecified atom stereocenters. The molecule has 1 aliphatic heterocycles. The monoisotopic (exact) mass is 352 g/mol. The van der Waals surface area contributed by atoms with E-state index in [1.807, 2.05) is 52.0 Å². The lowest BCUT2D eigenvalue weighted by molar-refractivity contribution is -0.384. The van der Waals surface area contributed by atoms with Crippen LogP contribution in [0.25, 0.3) is 0 Å². The van der Waals surface area contributed by atoms with Gasteiger partial charge in [-0.1, -0.05) is 24.3 Å². The third-order valence-electron chi connectivity index (χ3n) is 4.89. The van der Waals surface area contributed by atoms with Crippen LogP contribution in [0.3, 0.4) is 0 Å². The van der Waals surface area contributed by atoms with Crippen molar-refractivity contribution in [3.05, 3.63) is 64.2 Å². The van der Waals surface area contributed by atoms with Gasteiger partial charge in [0.05, 0.1) is 21.8 Å². The van der Waals surface area contributed by atoms with Gasteiger partial charge >= 0.3 is 7.12 Å². The quantitative estimate of drug-likeness (QED) is 0.364. The van der Waals surface area contributed by atoms with Gasteiger partial charge in [-0.3, -0.25) is 15.1 Å². The Morgan fingerprint density at radius 2 is 1.50 bits per heavy atom. The molecule has 0 spiro atoms. The number of nitro benzene ring substituents is 1. The van der Waals surface area contributed by atoms with Gasteiger partial charge in [0, 0.05) is 18.3 Å². The molecular formula is C19H21BN2O4. The third-order valence-corrected chi connectivity index (χ3v) is 4.89. The summed E-state index contributed by atoms with van der Waals surface area (Å²) in [4.78, 5) is 14.6. The van der Waals surface area contributed by atoms with Crippen molar-refractivity contribution in [1.29, 1.82) is 0 Å². The Morgan fingerprint density at radius 3 is 2.00 bits per heavy atom. The molecule has 3 rings (SSSR count). The number of non-ortho nitro benzene ring substituents is 1. The SMILES string of the molecule is CC1(C)OB(c2ccc(C=Nc3ccc([N+](=O)[O-])cc3)cc2)OC1(C)C. The molecule has 1 fully saturated rings. The van der Waals surface area contributed by atoms with Gasteiger partial charge in [0.25, 0.3) is 5.69 Å². The largest absolute Gasteiger partial charge is 0.494 e. The summed E-state index contributed by atoms with van der Waals surface area (Å²) in [7, 11) is -0.388. The first-order chi connectivity index (χ1) is 12.2. The van der Waals surface area contributed by atoms with Crippen LogP contribution in [0.5, 0.6) is 0 Å². The molecule has 0 N–H and O–H groups in total. The fraction of sp³-hybridized carbons (Fsp3) is 0.316. The van der Waals surface area contributed by atoms with Crippen molar-refractivity contribution in [2.24, 2.45) is 4.99 Å². The fourth-order valence-electron chi connectivity index (χ4n) is 2.53. The molecular weight excluding hydrogens is 331 g/mol. The molecule has 0 amide bonds. The molecule has 0 aromatic heterocycles. The summed E-state index contributed by atoms with van der Waals surface area (Å²) in [5, 5.41) is 10.7. The van der Waals surface area contributed by atoms with E-state index in [0.29, 0.717) is 5.69 Å². The van der Waals surface area contributed by atoms with Crippen LogP contribution >= 0.6 is 0 Å². The number of nitrogens with zero attached hydrogens (tertiary/aromatic N) is 2. The maximum absolute atomic E-state index is 10.7.